The van der Waals surface area contributed by atoms with Gasteiger partial charge in [0, 0.05) is 18.0 Å². The minimum atomic E-state index is 0.785. The maximum Gasteiger partial charge on any atom is 0.185 e. The summed E-state index contributed by atoms with van der Waals surface area (Å²) in [6.45, 7) is 11.0. The monoisotopic (exact) mass is 253 g/mol. The van der Waals surface area contributed by atoms with Crippen molar-refractivity contribution < 1.29 is 0 Å². The van der Waals surface area contributed by atoms with Crippen LogP contribution in [-0.2, 0) is 0 Å². The number of piperidine rings is 1. The minimum Gasteiger partial charge on any atom is -0.348 e. The molecule has 1 unspecified atom stereocenters. The van der Waals surface area contributed by atoms with Gasteiger partial charge in [-0.25, -0.2) is 4.98 Å². The Morgan fingerprint density at radius 2 is 2.29 bits per heavy atom. The number of aromatic nitrogens is 1. The molecule has 1 aliphatic rings. The molecule has 1 saturated heterocycles. The molecule has 17 heavy (non-hydrogen) atoms. The number of hydrogen-bond donors (Lipinski definition) is 1. The fourth-order valence-electron chi connectivity index (χ4n) is 2.34. The lowest BCUT2D eigenvalue weighted by Crippen LogP contribution is -2.39. The summed E-state index contributed by atoms with van der Waals surface area (Å²) in [6.07, 6.45) is 2.65. The molecular weight excluding hydrogens is 230 g/mol. The largest absolute Gasteiger partial charge is 0.348 e. The van der Waals surface area contributed by atoms with Crippen molar-refractivity contribution in [2.24, 2.45) is 5.92 Å². The highest BCUT2D eigenvalue weighted by Crippen LogP contribution is 2.28. The van der Waals surface area contributed by atoms with Crippen LogP contribution >= 0.6 is 11.3 Å². The Bertz CT molecular complexity index is 342. The van der Waals surface area contributed by atoms with Gasteiger partial charge in [0.15, 0.2) is 5.13 Å². The summed E-state index contributed by atoms with van der Waals surface area (Å²) < 4.78 is 0. The molecule has 2 heterocycles. The van der Waals surface area contributed by atoms with E-state index in [1.165, 1.54) is 41.6 Å². The number of nitrogens with zero attached hydrogens (tertiary/aromatic N) is 2. The molecule has 0 saturated carbocycles. The number of nitrogens with one attached hydrogen (secondary N) is 1. The molecule has 1 fully saturated rings. The molecule has 2 rings (SSSR count). The Labute approximate surface area is 108 Å². The number of rotatable bonds is 4. The summed E-state index contributed by atoms with van der Waals surface area (Å²) in [6, 6.07) is 0. The van der Waals surface area contributed by atoms with Crippen LogP contribution in [-0.4, -0.2) is 31.2 Å². The Kier molecular flexibility index (Phi) is 4.40. The highest BCUT2D eigenvalue weighted by molar-refractivity contribution is 7.15. The van der Waals surface area contributed by atoms with E-state index in [-0.39, 0.29) is 0 Å². The predicted molar refractivity (Wildman–Crippen MR) is 75.1 cm³/mol. The van der Waals surface area contributed by atoms with Crippen molar-refractivity contribution in [1.82, 2.24) is 10.3 Å². The van der Waals surface area contributed by atoms with E-state index in [2.05, 4.69) is 36.0 Å². The maximum absolute atomic E-state index is 4.67. The van der Waals surface area contributed by atoms with Crippen molar-refractivity contribution in [2.75, 3.05) is 31.1 Å². The molecule has 96 valence electrons. The van der Waals surface area contributed by atoms with E-state index >= 15 is 0 Å². The highest BCUT2D eigenvalue weighted by atomic mass is 32.1. The van der Waals surface area contributed by atoms with Crippen LogP contribution in [0.25, 0.3) is 0 Å². The summed E-state index contributed by atoms with van der Waals surface area (Å²) >= 11 is 1.84. The lowest BCUT2D eigenvalue weighted by Gasteiger charge is -2.32. The maximum atomic E-state index is 4.67. The average Bonchev–Trinajstić information content (AvgIpc) is 2.68. The third kappa shape index (κ3) is 3.19. The van der Waals surface area contributed by atoms with Crippen molar-refractivity contribution in [1.29, 1.82) is 0 Å². The van der Waals surface area contributed by atoms with Gasteiger partial charge in [-0.15, -0.1) is 11.3 Å². The van der Waals surface area contributed by atoms with Gasteiger partial charge in [-0.05, 0) is 45.7 Å². The predicted octanol–water partition coefficient (Wildman–Crippen LogP) is 2.59. The second kappa shape index (κ2) is 5.83. The van der Waals surface area contributed by atoms with Crippen LogP contribution in [0.2, 0.25) is 0 Å². The molecule has 1 atom stereocenters. The first-order chi connectivity index (χ1) is 8.20. The summed E-state index contributed by atoms with van der Waals surface area (Å²) in [5.41, 5.74) is 1.19. The summed E-state index contributed by atoms with van der Waals surface area (Å²) in [7, 11) is 0. The van der Waals surface area contributed by atoms with Crippen molar-refractivity contribution in [3.05, 3.63) is 10.6 Å². The van der Waals surface area contributed by atoms with Crippen molar-refractivity contribution in [3.8, 4) is 0 Å². The molecular formula is C13H23N3S. The van der Waals surface area contributed by atoms with Gasteiger partial charge in [-0.1, -0.05) is 6.92 Å². The number of anilines is 1. The van der Waals surface area contributed by atoms with Gasteiger partial charge in [0.1, 0.15) is 0 Å². The molecule has 0 aliphatic carbocycles. The van der Waals surface area contributed by atoms with Crippen LogP contribution in [0.1, 0.15) is 30.3 Å². The first-order valence-corrected chi connectivity index (χ1v) is 7.42. The fraction of sp³-hybridized carbons (Fsp3) is 0.769. The standard InChI is InChI=1S/C13H23N3S/c1-4-14-8-12-6-5-7-16(9-12)13-15-10(2)11(3)17-13/h12,14H,4-9H2,1-3H3. The van der Waals surface area contributed by atoms with Crippen molar-refractivity contribution >= 4 is 16.5 Å². The van der Waals surface area contributed by atoms with E-state index in [1.807, 2.05) is 11.3 Å². The Morgan fingerprint density at radius 3 is 2.94 bits per heavy atom. The van der Waals surface area contributed by atoms with Gasteiger partial charge in [0.05, 0.1) is 5.69 Å². The van der Waals surface area contributed by atoms with Crippen molar-refractivity contribution in [2.45, 2.75) is 33.6 Å². The second-order valence-electron chi connectivity index (χ2n) is 4.90. The van der Waals surface area contributed by atoms with Crippen molar-refractivity contribution in [3.63, 3.8) is 0 Å². The Balaban J connectivity index is 1.96. The average molecular weight is 253 g/mol. The van der Waals surface area contributed by atoms with Gasteiger partial charge < -0.3 is 10.2 Å². The van der Waals surface area contributed by atoms with E-state index in [0.717, 1.165) is 19.0 Å². The summed E-state index contributed by atoms with van der Waals surface area (Å²) in [5, 5.41) is 4.69. The lowest BCUT2D eigenvalue weighted by atomic mass is 9.98. The van der Waals surface area contributed by atoms with E-state index < -0.39 is 0 Å². The topological polar surface area (TPSA) is 28.2 Å². The lowest BCUT2D eigenvalue weighted by molar-refractivity contribution is 0.395. The normalized spacial score (nSPS) is 20.9. The molecule has 1 N–H and O–H groups in total. The number of thiazole rings is 1. The van der Waals surface area contributed by atoms with E-state index in [0.29, 0.717) is 0 Å². The zero-order chi connectivity index (χ0) is 12.3. The molecule has 0 spiro atoms. The van der Waals surface area contributed by atoms with Gasteiger partial charge in [-0.3, -0.25) is 0 Å². The molecule has 0 amide bonds. The number of aryl methyl sites for hydroxylation is 2. The summed E-state index contributed by atoms with van der Waals surface area (Å²) in [5.74, 6) is 0.785. The fourth-order valence-corrected chi connectivity index (χ4v) is 3.29. The zero-order valence-electron chi connectivity index (χ0n) is 11.1. The Hall–Kier alpha value is -0.610. The summed E-state index contributed by atoms with van der Waals surface area (Å²) in [4.78, 5) is 8.50. The zero-order valence-corrected chi connectivity index (χ0v) is 11.9. The van der Waals surface area contributed by atoms with Gasteiger partial charge in [-0.2, -0.15) is 0 Å². The SMILES string of the molecule is CCNCC1CCCN(c2nc(C)c(C)s2)C1. The quantitative estimate of drug-likeness (QED) is 0.894. The van der Waals surface area contributed by atoms with Crippen LogP contribution in [0.5, 0.6) is 0 Å². The van der Waals surface area contributed by atoms with Gasteiger partial charge in [0.25, 0.3) is 0 Å². The van der Waals surface area contributed by atoms with Crippen LogP contribution in [0.3, 0.4) is 0 Å². The number of hydrogen-bond acceptors (Lipinski definition) is 4. The van der Waals surface area contributed by atoms with Gasteiger partial charge in [0.2, 0.25) is 0 Å². The third-order valence-corrected chi connectivity index (χ3v) is 4.62. The van der Waals surface area contributed by atoms with Crippen LogP contribution in [0.4, 0.5) is 5.13 Å². The van der Waals surface area contributed by atoms with Gasteiger partial charge >= 0.3 is 0 Å². The minimum absolute atomic E-state index is 0.785. The first kappa shape index (κ1) is 12.8. The van der Waals surface area contributed by atoms with Crippen LogP contribution in [0.15, 0.2) is 0 Å². The highest BCUT2D eigenvalue weighted by Gasteiger charge is 2.21. The Morgan fingerprint density at radius 1 is 1.47 bits per heavy atom. The smallest absolute Gasteiger partial charge is 0.185 e. The molecule has 1 aliphatic heterocycles. The molecule has 1 aromatic heterocycles. The van der Waals surface area contributed by atoms with E-state index in [4.69, 9.17) is 0 Å². The van der Waals surface area contributed by atoms with Crippen LogP contribution < -0.4 is 10.2 Å². The molecule has 4 heteroatoms. The second-order valence-corrected chi connectivity index (χ2v) is 6.08. The molecule has 3 nitrogen and oxygen atoms in total. The molecule has 0 bridgehead atoms. The first-order valence-electron chi connectivity index (χ1n) is 6.60. The molecule has 0 radical (unpaired) electrons. The molecule has 1 aromatic rings. The van der Waals surface area contributed by atoms with Crippen LogP contribution in [0, 0.1) is 19.8 Å². The van der Waals surface area contributed by atoms with E-state index in [1.54, 1.807) is 0 Å². The van der Waals surface area contributed by atoms with E-state index in [9.17, 15) is 0 Å². The molecule has 0 aromatic carbocycles. The third-order valence-electron chi connectivity index (χ3n) is 3.49.